The Morgan fingerprint density at radius 2 is 2.21 bits per heavy atom. The van der Waals surface area contributed by atoms with Gasteiger partial charge in [0, 0.05) is 30.1 Å². The highest BCUT2D eigenvalue weighted by Gasteiger charge is 2.30. The normalized spacial score (nSPS) is 20.0. The fraction of sp³-hybridized carbons (Fsp3) is 0.444. The van der Waals surface area contributed by atoms with Gasteiger partial charge in [-0.1, -0.05) is 6.07 Å². The molecule has 0 saturated carbocycles. The predicted molar refractivity (Wildman–Crippen MR) is 92.2 cm³/mol. The maximum atomic E-state index is 13.0. The van der Waals surface area contributed by atoms with Gasteiger partial charge >= 0.3 is 0 Å². The lowest BCUT2D eigenvalue weighted by Crippen LogP contribution is -2.39. The third kappa shape index (κ3) is 2.86. The number of hydrogen-bond donors (Lipinski definition) is 0. The molecule has 5 nitrogen and oxygen atoms in total. The van der Waals surface area contributed by atoms with E-state index in [-0.39, 0.29) is 5.91 Å². The molecule has 126 valence electrons. The molecule has 1 atom stereocenters. The predicted octanol–water partition coefficient (Wildman–Crippen LogP) is 3.24. The van der Waals surface area contributed by atoms with Crippen molar-refractivity contribution in [2.75, 3.05) is 26.3 Å². The molecule has 0 spiro atoms. The van der Waals surface area contributed by atoms with Crippen molar-refractivity contribution in [3.8, 4) is 11.5 Å². The maximum Gasteiger partial charge on any atom is 0.257 e. The largest absolute Gasteiger partial charge is 0.486 e. The minimum atomic E-state index is 0.0235. The fourth-order valence-corrected chi connectivity index (χ4v) is 4.26. The standard InChI is InChI=1S/C18H20N2O3S/c1-12-11-24-17(19-12)13-4-3-7-20(10-13)18(21)14-5-2-6-15-16(14)23-9-8-22-15/h2,5-6,11,13H,3-4,7-10H2,1H3/t13-/m0/s1. The van der Waals surface area contributed by atoms with Gasteiger partial charge in [-0.3, -0.25) is 4.79 Å². The zero-order valence-electron chi connectivity index (χ0n) is 13.7. The Balaban J connectivity index is 1.56. The molecule has 2 aromatic rings. The Kier molecular flexibility index (Phi) is 4.14. The number of para-hydroxylation sites is 1. The van der Waals surface area contributed by atoms with Crippen LogP contribution in [0.3, 0.4) is 0 Å². The average molecular weight is 344 g/mol. The second-order valence-corrected chi connectivity index (χ2v) is 7.14. The van der Waals surface area contributed by atoms with Gasteiger partial charge in [0.1, 0.15) is 13.2 Å². The number of likely N-dealkylation sites (tertiary alicyclic amines) is 1. The molecule has 0 bridgehead atoms. The van der Waals surface area contributed by atoms with Crippen LogP contribution in [0, 0.1) is 6.92 Å². The number of carbonyl (C=O) groups is 1. The smallest absolute Gasteiger partial charge is 0.257 e. The van der Waals surface area contributed by atoms with Crippen LogP contribution in [-0.4, -0.2) is 42.1 Å². The molecule has 2 aliphatic heterocycles. The summed E-state index contributed by atoms with van der Waals surface area (Å²) in [6, 6.07) is 5.53. The molecule has 24 heavy (non-hydrogen) atoms. The quantitative estimate of drug-likeness (QED) is 0.839. The molecule has 2 aliphatic rings. The third-order valence-electron chi connectivity index (χ3n) is 4.49. The Bertz CT molecular complexity index is 758. The minimum Gasteiger partial charge on any atom is -0.486 e. The maximum absolute atomic E-state index is 13.0. The van der Waals surface area contributed by atoms with Crippen LogP contribution >= 0.6 is 11.3 Å². The van der Waals surface area contributed by atoms with E-state index in [0.29, 0.717) is 36.2 Å². The van der Waals surface area contributed by atoms with Crippen molar-refractivity contribution in [2.24, 2.45) is 0 Å². The van der Waals surface area contributed by atoms with Crippen LogP contribution in [0.5, 0.6) is 11.5 Å². The van der Waals surface area contributed by atoms with E-state index in [4.69, 9.17) is 9.47 Å². The Morgan fingerprint density at radius 1 is 1.33 bits per heavy atom. The lowest BCUT2D eigenvalue weighted by atomic mass is 9.97. The van der Waals surface area contributed by atoms with Gasteiger partial charge in [0.05, 0.1) is 10.6 Å². The van der Waals surface area contributed by atoms with Gasteiger partial charge in [-0.25, -0.2) is 4.98 Å². The average Bonchev–Trinajstić information content (AvgIpc) is 3.07. The number of thiazole rings is 1. The molecular weight excluding hydrogens is 324 g/mol. The number of piperidine rings is 1. The SMILES string of the molecule is Cc1csc([C@H]2CCCN(C(=O)c3cccc4c3OCCO4)C2)n1. The number of benzene rings is 1. The summed E-state index contributed by atoms with van der Waals surface area (Å²) in [7, 11) is 0. The summed E-state index contributed by atoms with van der Waals surface area (Å²) in [6.07, 6.45) is 2.09. The van der Waals surface area contributed by atoms with Crippen LogP contribution in [0.2, 0.25) is 0 Å². The van der Waals surface area contributed by atoms with Crippen LogP contribution < -0.4 is 9.47 Å². The highest BCUT2D eigenvalue weighted by atomic mass is 32.1. The lowest BCUT2D eigenvalue weighted by molar-refractivity contribution is 0.0697. The van der Waals surface area contributed by atoms with Crippen molar-refractivity contribution in [3.63, 3.8) is 0 Å². The molecule has 0 radical (unpaired) electrons. The Hall–Kier alpha value is -2.08. The van der Waals surface area contributed by atoms with Crippen LogP contribution in [-0.2, 0) is 0 Å². The summed E-state index contributed by atoms with van der Waals surface area (Å²) in [5, 5.41) is 3.22. The number of hydrogen-bond acceptors (Lipinski definition) is 5. The number of carbonyl (C=O) groups excluding carboxylic acids is 1. The van der Waals surface area contributed by atoms with Gasteiger partial charge in [-0.2, -0.15) is 0 Å². The zero-order chi connectivity index (χ0) is 16.5. The third-order valence-corrected chi connectivity index (χ3v) is 5.62. The van der Waals surface area contributed by atoms with Crippen LogP contribution in [0.25, 0.3) is 0 Å². The van der Waals surface area contributed by atoms with E-state index >= 15 is 0 Å². The van der Waals surface area contributed by atoms with Crippen molar-refractivity contribution >= 4 is 17.2 Å². The van der Waals surface area contributed by atoms with Crippen molar-refractivity contribution in [2.45, 2.75) is 25.7 Å². The van der Waals surface area contributed by atoms with E-state index in [2.05, 4.69) is 10.4 Å². The van der Waals surface area contributed by atoms with E-state index in [1.165, 1.54) is 0 Å². The number of fused-ring (bicyclic) bond motifs is 1. The fourth-order valence-electron chi connectivity index (χ4n) is 3.34. The van der Waals surface area contributed by atoms with Gasteiger partial charge in [-0.05, 0) is 31.9 Å². The van der Waals surface area contributed by atoms with Gasteiger partial charge in [0.2, 0.25) is 0 Å². The number of aryl methyl sites for hydroxylation is 1. The van der Waals surface area contributed by atoms with E-state index in [1.807, 2.05) is 30.0 Å². The number of nitrogens with zero attached hydrogens (tertiary/aromatic N) is 2. The Labute approximate surface area is 145 Å². The first-order valence-corrected chi connectivity index (χ1v) is 9.20. The van der Waals surface area contributed by atoms with Crippen molar-refractivity contribution in [3.05, 3.63) is 39.8 Å². The lowest BCUT2D eigenvalue weighted by Gasteiger charge is -2.32. The van der Waals surface area contributed by atoms with Gasteiger partial charge in [0.25, 0.3) is 5.91 Å². The zero-order valence-corrected chi connectivity index (χ0v) is 14.5. The van der Waals surface area contributed by atoms with Crippen molar-refractivity contribution in [1.82, 2.24) is 9.88 Å². The van der Waals surface area contributed by atoms with Crippen LogP contribution in [0.1, 0.15) is 39.8 Å². The van der Waals surface area contributed by atoms with Crippen LogP contribution in [0.15, 0.2) is 23.6 Å². The molecule has 1 saturated heterocycles. The van der Waals surface area contributed by atoms with E-state index < -0.39 is 0 Å². The van der Waals surface area contributed by atoms with E-state index in [0.717, 1.165) is 36.6 Å². The summed E-state index contributed by atoms with van der Waals surface area (Å²) in [6.45, 7) is 4.53. The molecule has 1 aromatic heterocycles. The molecule has 1 amide bonds. The second-order valence-electron chi connectivity index (χ2n) is 6.25. The summed E-state index contributed by atoms with van der Waals surface area (Å²) in [5.74, 6) is 1.60. The summed E-state index contributed by atoms with van der Waals surface area (Å²) in [4.78, 5) is 19.6. The Morgan fingerprint density at radius 3 is 3.04 bits per heavy atom. The first kappa shape index (κ1) is 15.4. The number of amides is 1. The molecule has 4 rings (SSSR count). The molecule has 3 heterocycles. The molecule has 6 heteroatoms. The molecular formula is C18H20N2O3S. The first-order chi connectivity index (χ1) is 11.7. The monoisotopic (exact) mass is 344 g/mol. The summed E-state index contributed by atoms with van der Waals surface area (Å²) >= 11 is 1.69. The van der Waals surface area contributed by atoms with E-state index in [9.17, 15) is 4.79 Å². The molecule has 0 N–H and O–H groups in total. The number of ether oxygens (including phenoxy) is 2. The molecule has 0 aliphatic carbocycles. The van der Waals surface area contributed by atoms with E-state index in [1.54, 1.807) is 11.3 Å². The topological polar surface area (TPSA) is 51.7 Å². The second kappa shape index (κ2) is 6.43. The minimum absolute atomic E-state index is 0.0235. The van der Waals surface area contributed by atoms with Gasteiger partial charge in [-0.15, -0.1) is 11.3 Å². The number of rotatable bonds is 2. The van der Waals surface area contributed by atoms with Gasteiger partial charge in [0.15, 0.2) is 11.5 Å². The molecule has 0 unspecified atom stereocenters. The highest BCUT2D eigenvalue weighted by Crippen LogP contribution is 2.36. The highest BCUT2D eigenvalue weighted by molar-refractivity contribution is 7.09. The number of aromatic nitrogens is 1. The summed E-state index contributed by atoms with van der Waals surface area (Å²) in [5.41, 5.74) is 1.66. The molecule has 1 aromatic carbocycles. The summed E-state index contributed by atoms with van der Waals surface area (Å²) < 4.78 is 11.3. The molecule has 1 fully saturated rings. The van der Waals surface area contributed by atoms with Gasteiger partial charge < -0.3 is 14.4 Å². The van der Waals surface area contributed by atoms with Crippen LogP contribution in [0.4, 0.5) is 0 Å². The first-order valence-electron chi connectivity index (χ1n) is 8.32. The van der Waals surface area contributed by atoms with Crippen molar-refractivity contribution < 1.29 is 14.3 Å². The van der Waals surface area contributed by atoms with Crippen molar-refractivity contribution in [1.29, 1.82) is 0 Å².